The van der Waals surface area contributed by atoms with Gasteiger partial charge >= 0.3 is 0 Å². The molecular weight excluding hydrogens is 162 g/mol. The highest BCUT2D eigenvalue weighted by Gasteiger charge is 2.11. The summed E-state index contributed by atoms with van der Waals surface area (Å²) in [7, 11) is 0. The summed E-state index contributed by atoms with van der Waals surface area (Å²) >= 11 is 0. The van der Waals surface area contributed by atoms with Gasteiger partial charge in [0.2, 0.25) is 0 Å². The van der Waals surface area contributed by atoms with E-state index in [0.717, 1.165) is 24.4 Å². The second kappa shape index (κ2) is 4.47. The molecule has 1 aromatic rings. The normalized spacial score (nSPS) is 13.6. The molecule has 2 heteroatoms. The van der Waals surface area contributed by atoms with Crippen LogP contribution in [0.15, 0.2) is 16.5 Å². The Bertz CT molecular complexity index is 252. The lowest BCUT2D eigenvalue weighted by Crippen LogP contribution is -2.11. The first-order valence-electron chi connectivity index (χ1n) is 4.97. The highest BCUT2D eigenvalue weighted by atomic mass is 16.3. The zero-order valence-corrected chi connectivity index (χ0v) is 8.71. The van der Waals surface area contributed by atoms with Crippen LogP contribution >= 0.6 is 0 Å². The smallest absolute Gasteiger partial charge is 0.120 e. The lowest BCUT2D eigenvalue weighted by Gasteiger charge is -2.10. The summed E-state index contributed by atoms with van der Waals surface area (Å²) in [6.07, 6.45) is 1.92. The highest BCUT2D eigenvalue weighted by molar-refractivity contribution is 5.10. The van der Waals surface area contributed by atoms with E-state index in [-0.39, 0.29) is 6.04 Å². The maximum absolute atomic E-state index is 5.97. The van der Waals surface area contributed by atoms with Crippen molar-refractivity contribution in [3.63, 3.8) is 0 Å². The fourth-order valence-corrected chi connectivity index (χ4v) is 1.41. The zero-order valence-electron chi connectivity index (χ0n) is 8.71. The quantitative estimate of drug-likeness (QED) is 0.775. The van der Waals surface area contributed by atoms with E-state index in [0.29, 0.717) is 5.92 Å². The Balaban J connectivity index is 2.60. The van der Waals surface area contributed by atoms with Crippen molar-refractivity contribution in [1.82, 2.24) is 0 Å². The molecule has 1 rings (SSSR count). The van der Waals surface area contributed by atoms with Crippen molar-refractivity contribution in [1.29, 1.82) is 0 Å². The summed E-state index contributed by atoms with van der Waals surface area (Å²) in [6.45, 7) is 6.42. The van der Waals surface area contributed by atoms with Crippen LogP contribution in [-0.4, -0.2) is 0 Å². The maximum atomic E-state index is 5.97. The van der Waals surface area contributed by atoms with E-state index in [1.807, 2.05) is 12.1 Å². The third-order valence-electron chi connectivity index (χ3n) is 2.12. The molecule has 2 nitrogen and oxygen atoms in total. The molecule has 0 radical (unpaired) electrons. The first-order chi connectivity index (χ1) is 6.13. The third-order valence-corrected chi connectivity index (χ3v) is 2.12. The number of hydrogen-bond acceptors (Lipinski definition) is 2. The topological polar surface area (TPSA) is 39.2 Å². The van der Waals surface area contributed by atoms with Crippen molar-refractivity contribution in [2.45, 2.75) is 39.7 Å². The fraction of sp³-hybridized carbons (Fsp3) is 0.636. The SMILES string of the molecule is CCc1ccc(C(N)CC(C)C)o1. The van der Waals surface area contributed by atoms with Crippen LogP contribution in [0.5, 0.6) is 0 Å². The molecule has 1 heterocycles. The standard InChI is InChI=1S/C11H19NO/c1-4-9-5-6-11(13-9)10(12)7-8(2)3/h5-6,8,10H,4,7,12H2,1-3H3. The van der Waals surface area contributed by atoms with Gasteiger partial charge < -0.3 is 10.2 Å². The molecule has 1 unspecified atom stereocenters. The summed E-state index contributed by atoms with van der Waals surface area (Å²) in [4.78, 5) is 0. The van der Waals surface area contributed by atoms with Gasteiger partial charge in [0.05, 0.1) is 6.04 Å². The molecular formula is C11H19NO. The molecule has 0 aliphatic rings. The van der Waals surface area contributed by atoms with Crippen molar-refractivity contribution < 1.29 is 4.42 Å². The predicted octanol–water partition coefficient (Wildman–Crippen LogP) is 2.89. The van der Waals surface area contributed by atoms with Gasteiger partial charge in [-0.15, -0.1) is 0 Å². The van der Waals surface area contributed by atoms with Gasteiger partial charge in [-0.25, -0.2) is 0 Å². The second-order valence-electron chi connectivity index (χ2n) is 3.89. The molecule has 0 saturated carbocycles. The summed E-state index contributed by atoms with van der Waals surface area (Å²) in [5.41, 5.74) is 5.97. The van der Waals surface area contributed by atoms with Crippen LogP contribution in [0.3, 0.4) is 0 Å². The number of nitrogens with two attached hydrogens (primary N) is 1. The Labute approximate surface area is 80.1 Å². The Morgan fingerprint density at radius 1 is 1.38 bits per heavy atom. The molecule has 0 spiro atoms. The molecule has 1 atom stereocenters. The minimum absolute atomic E-state index is 0.0558. The number of aryl methyl sites for hydroxylation is 1. The number of rotatable bonds is 4. The molecule has 0 aliphatic carbocycles. The van der Waals surface area contributed by atoms with Crippen LogP contribution in [-0.2, 0) is 6.42 Å². The minimum atomic E-state index is 0.0558. The second-order valence-corrected chi connectivity index (χ2v) is 3.89. The average molecular weight is 181 g/mol. The molecule has 0 bridgehead atoms. The average Bonchev–Trinajstić information content (AvgIpc) is 2.50. The highest BCUT2D eigenvalue weighted by Crippen LogP contribution is 2.20. The minimum Gasteiger partial charge on any atom is -0.464 e. The van der Waals surface area contributed by atoms with Crippen molar-refractivity contribution in [2.24, 2.45) is 11.7 Å². The first kappa shape index (κ1) is 10.3. The Hall–Kier alpha value is -0.760. The molecule has 0 aliphatic heterocycles. The maximum Gasteiger partial charge on any atom is 0.120 e. The van der Waals surface area contributed by atoms with Gasteiger partial charge in [0.1, 0.15) is 11.5 Å². The lowest BCUT2D eigenvalue weighted by atomic mass is 10.0. The van der Waals surface area contributed by atoms with E-state index in [2.05, 4.69) is 20.8 Å². The molecule has 0 aromatic carbocycles. The first-order valence-corrected chi connectivity index (χ1v) is 4.97. The number of hydrogen-bond donors (Lipinski definition) is 1. The van der Waals surface area contributed by atoms with E-state index in [4.69, 9.17) is 10.2 Å². The van der Waals surface area contributed by atoms with E-state index in [1.165, 1.54) is 0 Å². The van der Waals surface area contributed by atoms with E-state index in [9.17, 15) is 0 Å². The van der Waals surface area contributed by atoms with Crippen molar-refractivity contribution in [3.05, 3.63) is 23.7 Å². The van der Waals surface area contributed by atoms with Crippen molar-refractivity contribution in [3.8, 4) is 0 Å². The summed E-state index contributed by atoms with van der Waals surface area (Å²) in [5, 5.41) is 0. The fourth-order valence-electron chi connectivity index (χ4n) is 1.41. The number of furan rings is 1. The summed E-state index contributed by atoms with van der Waals surface area (Å²) in [6, 6.07) is 4.06. The van der Waals surface area contributed by atoms with Gasteiger partial charge in [0, 0.05) is 6.42 Å². The van der Waals surface area contributed by atoms with Gasteiger partial charge in [-0.05, 0) is 24.5 Å². The van der Waals surface area contributed by atoms with Gasteiger partial charge in [-0.1, -0.05) is 20.8 Å². The van der Waals surface area contributed by atoms with E-state index >= 15 is 0 Å². The monoisotopic (exact) mass is 181 g/mol. The summed E-state index contributed by atoms with van der Waals surface area (Å²) in [5.74, 6) is 2.56. The van der Waals surface area contributed by atoms with Crippen LogP contribution in [0.4, 0.5) is 0 Å². The van der Waals surface area contributed by atoms with Crippen molar-refractivity contribution >= 4 is 0 Å². The zero-order chi connectivity index (χ0) is 9.84. The third kappa shape index (κ3) is 2.88. The predicted molar refractivity (Wildman–Crippen MR) is 54.5 cm³/mol. The molecule has 1 aromatic heterocycles. The van der Waals surface area contributed by atoms with Gasteiger partial charge in [-0.2, -0.15) is 0 Å². The Morgan fingerprint density at radius 2 is 2.08 bits per heavy atom. The lowest BCUT2D eigenvalue weighted by molar-refractivity contribution is 0.398. The van der Waals surface area contributed by atoms with Gasteiger partial charge in [-0.3, -0.25) is 0 Å². The largest absolute Gasteiger partial charge is 0.464 e. The van der Waals surface area contributed by atoms with Gasteiger partial charge in [0.25, 0.3) is 0 Å². The van der Waals surface area contributed by atoms with Crippen LogP contribution < -0.4 is 5.73 Å². The molecule has 0 fully saturated rings. The van der Waals surface area contributed by atoms with Crippen LogP contribution in [0.1, 0.15) is 44.8 Å². The van der Waals surface area contributed by atoms with Gasteiger partial charge in [0.15, 0.2) is 0 Å². The molecule has 2 N–H and O–H groups in total. The van der Waals surface area contributed by atoms with Crippen molar-refractivity contribution in [2.75, 3.05) is 0 Å². The Kier molecular flexibility index (Phi) is 3.55. The molecule has 74 valence electrons. The molecule has 0 saturated heterocycles. The van der Waals surface area contributed by atoms with Crippen LogP contribution in [0.2, 0.25) is 0 Å². The van der Waals surface area contributed by atoms with Crippen LogP contribution in [0.25, 0.3) is 0 Å². The molecule has 13 heavy (non-hydrogen) atoms. The summed E-state index contributed by atoms with van der Waals surface area (Å²) < 4.78 is 5.57. The van der Waals surface area contributed by atoms with E-state index < -0.39 is 0 Å². The Morgan fingerprint density at radius 3 is 2.54 bits per heavy atom. The molecule has 0 amide bonds. The van der Waals surface area contributed by atoms with E-state index in [1.54, 1.807) is 0 Å². The van der Waals surface area contributed by atoms with Crippen LogP contribution in [0, 0.1) is 5.92 Å².